The third-order valence-corrected chi connectivity index (χ3v) is 5.72. The zero-order valence-corrected chi connectivity index (χ0v) is 18.4. The fourth-order valence-corrected chi connectivity index (χ4v) is 3.84. The van der Waals surface area contributed by atoms with E-state index in [0.29, 0.717) is 41.7 Å². The molecule has 166 valence electrons. The van der Waals surface area contributed by atoms with Gasteiger partial charge >= 0.3 is 0 Å². The minimum Gasteiger partial charge on any atom is -0.494 e. The Labute approximate surface area is 187 Å². The molecule has 0 spiro atoms. The van der Waals surface area contributed by atoms with Gasteiger partial charge in [0.25, 0.3) is 15.9 Å². The van der Waals surface area contributed by atoms with E-state index in [1.165, 1.54) is 24.3 Å². The molecule has 0 aliphatic rings. The first-order valence-electron chi connectivity index (χ1n) is 9.92. The molecule has 0 radical (unpaired) electrons. The van der Waals surface area contributed by atoms with Crippen molar-refractivity contribution in [1.82, 2.24) is 0 Å². The molecular formula is C24H24N2O5S. The molecule has 3 aromatic carbocycles. The maximum absolute atomic E-state index is 12.6. The number of anilines is 2. The van der Waals surface area contributed by atoms with Crippen molar-refractivity contribution >= 4 is 27.3 Å². The molecule has 7 nitrogen and oxygen atoms in total. The molecule has 2 N–H and O–H groups in total. The van der Waals surface area contributed by atoms with E-state index in [2.05, 4.69) is 16.6 Å². The number of amides is 1. The molecule has 0 atom stereocenters. The molecule has 0 saturated heterocycles. The normalized spacial score (nSPS) is 10.8. The monoisotopic (exact) mass is 452 g/mol. The minimum atomic E-state index is -3.77. The lowest BCUT2D eigenvalue weighted by molar-refractivity contribution is 0.102. The molecular weight excluding hydrogens is 428 g/mol. The van der Waals surface area contributed by atoms with E-state index in [1.807, 2.05) is 6.92 Å². The first kappa shape index (κ1) is 22.9. The molecule has 0 aliphatic heterocycles. The molecule has 0 heterocycles. The second-order valence-electron chi connectivity index (χ2n) is 6.67. The molecule has 0 aromatic heterocycles. The standard InChI is InChI=1S/C24H24N2O5S/c1-3-17-31-22-11-5-18(6-12-22)24(27)25-19-9-15-23(16-10-19)32(28,29)26-20-7-13-21(14-8-20)30-4-2/h3,5-16,26H,1,4,17H2,2H3,(H,25,27). The number of hydrogen-bond acceptors (Lipinski definition) is 5. The van der Waals surface area contributed by atoms with Crippen molar-refractivity contribution < 1.29 is 22.7 Å². The van der Waals surface area contributed by atoms with E-state index in [4.69, 9.17) is 9.47 Å². The Balaban J connectivity index is 1.63. The number of benzene rings is 3. The highest BCUT2D eigenvalue weighted by molar-refractivity contribution is 7.92. The van der Waals surface area contributed by atoms with E-state index in [1.54, 1.807) is 54.6 Å². The minimum absolute atomic E-state index is 0.0769. The quantitative estimate of drug-likeness (QED) is 0.435. The number of rotatable bonds is 10. The van der Waals surface area contributed by atoms with Crippen molar-refractivity contribution in [1.29, 1.82) is 0 Å². The Bertz CT molecular complexity index is 1160. The summed E-state index contributed by atoms with van der Waals surface area (Å²) in [5, 5.41) is 2.74. The summed E-state index contributed by atoms with van der Waals surface area (Å²) >= 11 is 0. The largest absolute Gasteiger partial charge is 0.494 e. The Kier molecular flexibility index (Phi) is 7.51. The van der Waals surface area contributed by atoms with E-state index in [-0.39, 0.29) is 10.8 Å². The number of hydrogen-bond donors (Lipinski definition) is 2. The molecule has 0 bridgehead atoms. The van der Waals surface area contributed by atoms with Crippen molar-refractivity contribution in [2.24, 2.45) is 0 Å². The van der Waals surface area contributed by atoms with Gasteiger partial charge in [-0.1, -0.05) is 12.7 Å². The summed E-state index contributed by atoms with van der Waals surface area (Å²) < 4.78 is 38.5. The summed E-state index contributed by atoms with van der Waals surface area (Å²) in [5.74, 6) is 0.980. The molecule has 1 amide bonds. The van der Waals surface area contributed by atoms with Crippen molar-refractivity contribution in [3.05, 3.63) is 91.0 Å². The van der Waals surface area contributed by atoms with E-state index >= 15 is 0 Å². The summed E-state index contributed by atoms with van der Waals surface area (Å²) in [7, 11) is -3.77. The maximum atomic E-state index is 12.6. The highest BCUT2D eigenvalue weighted by atomic mass is 32.2. The third-order valence-electron chi connectivity index (χ3n) is 4.32. The molecule has 0 aliphatic carbocycles. The number of sulfonamides is 1. The van der Waals surface area contributed by atoms with Crippen LogP contribution in [0, 0.1) is 0 Å². The zero-order chi connectivity index (χ0) is 23.0. The lowest BCUT2D eigenvalue weighted by atomic mass is 10.2. The number of carbonyl (C=O) groups excluding carboxylic acids is 1. The van der Waals surface area contributed by atoms with Gasteiger partial charge in [0.15, 0.2) is 0 Å². The predicted molar refractivity (Wildman–Crippen MR) is 125 cm³/mol. The first-order valence-corrected chi connectivity index (χ1v) is 11.4. The molecule has 0 fully saturated rings. The molecule has 8 heteroatoms. The Hall–Kier alpha value is -3.78. The SMILES string of the molecule is C=CCOc1ccc(C(=O)Nc2ccc(S(=O)(=O)Nc3ccc(OCC)cc3)cc2)cc1. The van der Waals surface area contributed by atoms with Crippen molar-refractivity contribution in [3.8, 4) is 11.5 Å². The van der Waals surface area contributed by atoms with Crippen LogP contribution in [0.15, 0.2) is 90.3 Å². The fraction of sp³-hybridized carbons (Fsp3) is 0.125. The second kappa shape index (κ2) is 10.5. The van der Waals surface area contributed by atoms with Gasteiger partial charge in [0, 0.05) is 16.9 Å². The fourth-order valence-electron chi connectivity index (χ4n) is 2.78. The van der Waals surface area contributed by atoms with Crippen LogP contribution < -0.4 is 19.5 Å². The number of carbonyl (C=O) groups is 1. The van der Waals surface area contributed by atoms with Crippen LogP contribution in [0.4, 0.5) is 11.4 Å². The zero-order valence-electron chi connectivity index (χ0n) is 17.6. The van der Waals surface area contributed by atoms with Gasteiger partial charge in [0.2, 0.25) is 0 Å². The lowest BCUT2D eigenvalue weighted by Crippen LogP contribution is -2.14. The average Bonchev–Trinajstić information content (AvgIpc) is 2.79. The van der Waals surface area contributed by atoms with Gasteiger partial charge in [-0.2, -0.15) is 0 Å². The maximum Gasteiger partial charge on any atom is 0.261 e. The van der Waals surface area contributed by atoms with E-state index < -0.39 is 10.0 Å². The lowest BCUT2D eigenvalue weighted by Gasteiger charge is -2.10. The van der Waals surface area contributed by atoms with Gasteiger partial charge in [-0.3, -0.25) is 9.52 Å². The van der Waals surface area contributed by atoms with Gasteiger partial charge in [-0.05, 0) is 79.7 Å². The summed E-state index contributed by atoms with van der Waals surface area (Å²) in [4.78, 5) is 12.5. The van der Waals surface area contributed by atoms with E-state index in [9.17, 15) is 13.2 Å². The molecule has 0 unspecified atom stereocenters. The average molecular weight is 453 g/mol. The smallest absolute Gasteiger partial charge is 0.261 e. The highest BCUT2D eigenvalue weighted by Gasteiger charge is 2.15. The van der Waals surface area contributed by atoms with Crippen LogP contribution in [0.5, 0.6) is 11.5 Å². The number of nitrogens with one attached hydrogen (secondary N) is 2. The van der Waals surface area contributed by atoms with Crippen LogP contribution in [0.1, 0.15) is 17.3 Å². The summed E-state index contributed by atoms with van der Waals surface area (Å²) in [5.41, 5.74) is 1.35. The van der Waals surface area contributed by atoms with Crippen molar-refractivity contribution in [3.63, 3.8) is 0 Å². The Morgan fingerprint density at radius 1 is 0.875 bits per heavy atom. The van der Waals surface area contributed by atoms with Crippen molar-refractivity contribution in [2.45, 2.75) is 11.8 Å². The topological polar surface area (TPSA) is 93.7 Å². The van der Waals surface area contributed by atoms with Gasteiger partial charge < -0.3 is 14.8 Å². The molecule has 3 aromatic rings. The Morgan fingerprint density at radius 2 is 1.44 bits per heavy atom. The predicted octanol–water partition coefficient (Wildman–Crippen LogP) is 4.70. The van der Waals surface area contributed by atoms with Gasteiger partial charge in [0.05, 0.1) is 11.5 Å². The number of ether oxygens (including phenoxy) is 2. The summed E-state index contributed by atoms with van der Waals surface area (Å²) in [6.07, 6.45) is 1.64. The third kappa shape index (κ3) is 6.12. The van der Waals surface area contributed by atoms with Gasteiger partial charge in [0.1, 0.15) is 18.1 Å². The molecule has 32 heavy (non-hydrogen) atoms. The van der Waals surface area contributed by atoms with Crippen LogP contribution in [0.2, 0.25) is 0 Å². The Morgan fingerprint density at radius 3 is 2.03 bits per heavy atom. The van der Waals surface area contributed by atoms with Crippen LogP contribution in [0.3, 0.4) is 0 Å². The van der Waals surface area contributed by atoms with Crippen molar-refractivity contribution in [2.75, 3.05) is 23.3 Å². The molecule has 0 saturated carbocycles. The summed E-state index contributed by atoms with van der Waals surface area (Å²) in [6.45, 7) is 6.37. The van der Waals surface area contributed by atoms with Gasteiger partial charge in [-0.25, -0.2) is 8.42 Å². The molecule has 3 rings (SSSR count). The summed E-state index contributed by atoms with van der Waals surface area (Å²) in [6, 6.07) is 19.3. The van der Waals surface area contributed by atoms with E-state index in [0.717, 1.165) is 0 Å². The first-order chi connectivity index (χ1) is 15.4. The second-order valence-corrected chi connectivity index (χ2v) is 8.35. The highest BCUT2D eigenvalue weighted by Crippen LogP contribution is 2.21. The van der Waals surface area contributed by atoms with Crippen LogP contribution in [0.25, 0.3) is 0 Å². The van der Waals surface area contributed by atoms with Crippen LogP contribution >= 0.6 is 0 Å². The van der Waals surface area contributed by atoms with Crippen LogP contribution in [-0.2, 0) is 10.0 Å². The van der Waals surface area contributed by atoms with Crippen LogP contribution in [-0.4, -0.2) is 27.5 Å². The van der Waals surface area contributed by atoms with Gasteiger partial charge in [-0.15, -0.1) is 0 Å².